The van der Waals surface area contributed by atoms with Crippen molar-refractivity contribution in [2.24, 2.45) is 0 Å². The van der Waals surface area contributed by atoms with E-state index >= 15 is 0 Å². The summed E-state index contributed by atoms with van der Waals surface area (Å²) in [5, 5.41) is 2.07. The maximum Gasteiger partial charge on any atom is 0.249 e. The van der Waals surface area contributed by atoms with Crippen molar-refractivity contribution in [3.8, 4) is 5.75 Å². The SMILES string of the molecule is C=CCN(CC(=O)N1CCc2sccc2[C@@H]1c1ccc(OC)cc1)C(=O)COC. The minimum atomic E-state index is -0.227. The summed E-state index contributed by atoms with van der Waals surface area (Å²) >= 11 is 1.72. The van der Waals surface area contributed by atoms with Crippen LogP contribution in [0.25, 0.3) is 0 Å². The normalized spacial score (nSPS) is 15.5. The molecule has 2 aromatic rings. The molecule has 0 bridgehead atoms. The second-order valence-corrected chi connectivity index (χ2v) is 7.81. The van der Waals surface area contributed by atoms with E-state index in [4.69, 9.17) is 9.47 Å². The highest BCUT2D eigenvalue weighted by Crippen LogP contribution is 2.38. The number of hydrogen-bond donors (Lipinski definition) is 0. The molecule has 29 heavy (non-hydrogen) atoms. The van der Waals surface area contributed by atoms with Crippen molar-refractivity contribution in [1.29, 1.82) is 0 Å². The molecule has 0 saturated heterocycles. The van der Waals surface area contributed by atoms with Crippen molar-refractivity contribution < 1.29 is 19.1 Å². The van der Waals surface area contributed by atoms with Gasteiger partial charge in [0.25, 0.3) is 0 Å². The molecule has 1 aromatic carbocycles. The molecule has 0 N–H and O–H groups in total. The first-order chi connectivity index (χ1) is 14.1. The summed E-state index contributed by atoms with van der Waals surface area (Å²) < 4.78 is 10.2. The van der Waals surface area contributed by atoms with Crippen LogP contribution in [0.4, 0.5) is 0 Å². The van der Waals surface area contributed by atoms with Gasteiger partial charge in [0.05, 0.1) is 13.2 Å². The summed E-state index contributed by atoms with van der Waals surface area (Å²) in [5.74, 6) is 0.458. The topological polar surface area (TPSA) is 59.1 Å². The van der Waals surface area contributed by atoms with E-state index in [1.807, 2.05) is 29.2 Å². The summed E-state index contributed by atoms with van der Waals surface area (Å²) in [6.45, 7) is 4.56. The number of benzene rings is 1. The first-order valence-electron chi connectivity index (χ1n) is 9.46. The first kappa shape index (κ1) is 21.1. The highest BCUT2D eigenvalue weighted by Gasteiger charge is 2.33. The number of amides is 2. The lowest BCUT2D eigenvalue weighted by molar-refractivity contribution is -0.143. The predicted octanol–water partition coefficient (Wildman–Crippen LogP) is 2.89. The minimum absolute atomic E-state index is 0.000336. The van der Waals surface area contributed by atoms with Gasteiger partial charge in [-0.3, -0.25) is 9.59 Å². The molecule has 0 aliphatic carbocycles. The molecule has 1 aromatic heterocycles. The molecule has 1 atom stereocenters. The van der Waals surface area contributed by atoms with Crippen molar-refractivity contribution in [3.63, 3.8) is 0 Å². The van der Waals surface area contributed by atoms with Gasteiger partial charge in [-0.25, -0.2) is 0 Å². The van der Waals surface area contributed by atoms with Gasteiger partial charge in [-0.1, -0.05) is 18.2 Å². The Bertz CT molecular complexity index is 862. The van der Waals surface area contributed by atoms with Gasteiger partial charge in [0.2, 0.25) is 11.8 Å². The molecule has 0 radical (unpaired) electrons. The lowest BCUT2D eigenvalue weighted by Crippen LogP contribution is -2.47. The fraction of sp³-hybridized carbons (Fsp3) is 0.364. The third kappa shape index (κ3) is 4.68. The number of fused-ring (bicyclic) bond motifs is 1. The quantitative estimate of drug-likeness (QED) is 0.624. The van der Waals surface area contributed by atoms with Gasteiger partial charge in [0.15, 0.2) is 0 Å². The van der Waals surface area contributed by atoms with Crippen molar-refractivity contribution in [2.75, 3.05) is 40.5 Å². The zero-order chi connectivity index (χ0) is 20.8. The minimum Gasteiger partial charge on any atom is -0.497 e. The molecule has 1 aliphatic heterocycles. The number of carbonyl (C=O) groups excluding carboxylic acids is 2. The number of methoxy groups -OCH3 is 2. The Morgan fingerprint density at radius 2 is 2.03 bits per heavy atom. The number of carbonyl (C=O) groups is 2. The number of rotatable bonds is 8. The molecule has 0 spiro atoms. The highest BCUT2D eigenvalue weighted by molar-refractivity contribution is 7.10. The van der Waals surface area contributed by atoms with Crippen LogP contribution < -0.4 is 4.74 Å². The average molecular weight is 415 g/mol. The van der Waals surface area contributed by atoms with Crippen LogP contribution in [0, 0.1) is 0 Å². The molecular weight excluding hydrogens is 388 g/mol. The van der Waals surface area contributed by atoms with E-state index < -0.39 is 0 Å². The maximum absolute atomic E-state index is 13.3. The summed E-state index contributed by atoms with van der Waals surface area (Å²) in [5.41, 5.74) is 2.18. The second-order valence-electron chi connectivity index (χ2n) is 6.81. The van der Waals surface area contributed by atoms with E-state index in [0.29, 0.717) is 13.1 Å². The van der Waals surface area contributed by atoms with Gasteiger partial charge in [0, 0.05) is 25.1 Å². The molecule has 6 nitrogen and oxygen atoms in total. The summed E-state index contributed by atoms with van der Waals surface area (Å²) in [6, 6.07) is 9.72. The summed E-state index contributed by atoms with van der Waals surface area (Å²) in [4.78, 5) is 30.2. The van der Waals surface area contributed by atoms with Gasteiger partial charge in [-0.05, 0) is 41.1 Å². The Morgan fingerprint density at radius 3 is 2.69 bits per heavy atom. The van der Waals surface area contributed by atoms with Gasteiger partial charge < -0.3 is 19.3 Å². The van der Waals surface area contributed by atoms with E-state index in [0.717, 1.165) is 23.3 Å². The summed E-state index contributed by atoms with van der Waals surface area (Å²) in [7, 11) is 3.10. The number of thiophene rings is 1. The highest BCUT2D eigenvalue weighted by atomic mass is 32.1. The fourth-order valence-electron chi connectivity index (χ4n) is 3.61. The van der Waals surface area contributed by atoms with Gasteiger partial charge in [-0.2, -0.15) is 0 Å². The van der Waals surface area contributed by atoms with E-state index in [9.17, 15) is 9.59 Å². The van der Waals surface area contributed by atoms with Crippen molar-refractivity contribution in [3.05, 3.63) is 64.4 Å². The lowest BCUT2D eigenvalue weighted by atomic mass is 9.93. The second kappa shape index (κ2) is 9.71. The van der Waals surface area contributed by atoms with Crippen LogP contribution in [-0.4, -0.2) is 62.1 Å². The fourth-order valence-corrected chi connectivity index (χ4v) is 4.51. The number of ether oxygens (including phenoxy) is 2. The van der Waals surface area contributed by atoms with Crippen LogP contribution in [-0.2, 0) is 20.7 Å². The van der Waals surface area contributed by atoms with Crippen LogP contribution >= 0.6 is 11.3 Å². The third-order valence-electron chi connectivity index (χ3n) is 5.01. The smallest absolute Gasteiger partial charge is 0.249 e. The molecule has 7 heteroatoms. The van der Waals surface area contributed by atoms with Crippen LogP contribution in [0.5, 0.6) is 5.75 Å². The Morgan fingerprint density at radius 1 is 1.28 bits per heavy atom. The van der Waals surface area contributed by atoms with Crippen molar-refractivity contribution in [1.82, 2.24) is 9.80 Å². The summed E-state index contributed by atoms with van der Waals surface area (Å²) in [6.07, 6.45) is 2.44. The van der Waals surface area contributed by atoms with Crippen molar-refractivity contribution >= 4 is 23.2 Å². The number of nitrogens with zero attached hydrogens (tertiary/aromatic N) is 2. The molecule has 154 valence electrons. The van der Waals surface area contributed by atoms with E-state index in [-0.39, 0.29) is 31.0 Å². The van der Waals surface area contributed by atoms with Crippen LogP contribution in [0.3, 0.4) is 0 Å². The molecule has 0 unspecified atom stereocenters. The van der Waals surface area contributed by atoms with E-state index in [1.165, 1.54) is 16.9 Å². The van der Waals surface area contributed by atoms with E-state index in [1.54, 1.807) is 24.5 Å². The van der Waals surface area contributed by atoms with Gasteiger partial charge >= 0.3 is 0 Å². The van der Waals surface area contributed by atoms with Crippen LogP contribution in [0.2, 0.25) is 0 Å². The van der Waals surface area contributed by atoms with Crippen LogP contribution in [0.15, 0.2) is 48.4 Å². The molecule has 2 heterocycles. The first-order valence-corrected chi connectivity index (χ1v) is 10.3. The monoisotopic (exact) mass is 414 g/mol. The van der Waals surface area contributed by atoms with Crippen LogP contribution in [0.1, 0.15) is 22.0 Å². The zero-order valence-electron chi connectivity index (χ0n) is 16.8. The van der Waals surface area contributed by atoms with Gasteiger partial charge in [0.1, 0.15) is 18.9 Å². The maximum atomic E-state index is 13.3. The Hall–Kier alpha value is -2.64. The van der Waals surface area contributed by atoms with Gasteiger partial charge in [-0.15, -0.1) is 17.9 Å². The Labute approximate surface area is 175 Å². The largest absolute Gasteiger partial charge is 0.497 e. The zero-order valence-corrected chi connectivity index (χ0v) is 17.6. The molecular formula is C22H26N2O4S. The lowest BCUT2D eigenvalue weighted by Gasteiger charge is -2.37. The molecule has 0 fully saturated rings. The predicted molar refractivity (Wildman–Crippen MR) is 113 cm³/mol. The standard InChI is InChI=1S/C22H26N2O4S/c1-4-11-23(21(26)15-27-2)14-20(25)24-12-9-19-18(10-13-29-19)22(24)16-5-7-17(28-3)8-6-16/h4-8,10,13,22H,1,9,11-12,14-15H2,2-3H3/t22-/m0/s1. The molecule has 2 amide bonds. The Balaban J connectivity index is 1.88. The average Bonchev–Trinajstić information content (AvgIpc) is 3.21. The molecule has 0 saturated carbocycles. The molecule has 3 rings (SSSR count). The van der Waals surface area contributed by atoms with E-state index in [2.05, 4.69) is 18.0 Å². The Kier molecular flexibility index (Phi) is 7.06. The number of hydrogen-bond acceptors (Lipinski definition) is 5. The van der Waals surface area contributed by atoms with Crippen molar-refractivity contribution in [2.45, 2.75) is 12.5 Å². The molecule has 1 aliphatic rings. The third-order valence-corrected chi connectivity index (χ3v) is 6.01.